The second-order valence-corrected chi connectivity index (χ2v) is 3.71. The van der Waals surface area contributed by atoms with Gasteiger partial charge in [0.1, 0.15) is 0 Å². The first-order valence-electron chi connectivity index (χ1n) is 3.30. The molecule has 58 valence electrons. The average molecular weight is 276 g/mol. The van der Waals surface area contributed by atoms with Crippen molar-refractivity contribution >= 4 is 37.9 Å². The van der Waals surface area contributed by atoms with Gasteiger partial charge in [0.05, 0.1) is 0 Å². The molecule has 0 aromatic heterocycles. The van der Waals surface area contributed by atoms with Crippen molar-refractivity contribution < 1.29 is 0 Å². The largest absolute Gasteiger partial charge is 0.0870 e. The Morgan fingerprint density at radius 1 is 1.27 bits per heavy atom. The molecule has 0 atom stereocenters. The number of alkyl halides is 1. The molecule has 0 fully saturated rings. The number of hydrogen-bond donors (Lipinski definition) is 0. The fraction of sp³-hybridized carbons (Fsp3) is 0.111. The van der Waals surface area contributed by atoms with E-state index in [0.29, 0.717) is 0 Å². The number of rotatable bonds is 2. The number of hydrogen-bond acceptors (Lipinski definition) is 0. The van der Waals surface area contributed by atoms with E-state index in [2.05, 4.69) is 50.1 Å². The summed E-state index contributed by atoms with van der Waals surface area (Å²) in [4.78, 5) is 0. The van der Waals surface area contributed by atoms with Crippen LogP contribution in [0.25, 0.3) is 6.08 Å². The van der Waals surface area contributed by atoms with E-state index in [4.69, 9.17) is 0 Å². The van der Waals surface area contributed by atoms with Gasteiger partial charge in [-0.1, -0.05) is 62.2 Å². The van der Waals surface area contributed by atoms with Crippen molar-refractivity contribution in [1.29, 1.82) is 0 Å². The lowest BCUT2D eigenvalue weighted by atomic mass is 10.2. The zero-order valence-electron chi connectivity index (χ0n) is 5.93. The summed E-state index contributed by atoms with van der Waals surface area (Å²) < 4.78 is 1.16. The smallest absolute Gasteiger partial charge is 0.0349 e. The van der Waals surface area contributed by atoms with Crippen LogP contribution in [0.2, 0.25) is 0 Å². The van der Waals surface area contributed by atoms with Crippen LogP contribution < -0.4 is 0 Å². The van der Waals surface area contributed by atoms with E-state index in [9.17, 15) is 0 Å². The van der Waals surface area contributed by atoms with Gasteiger partial charge in [0, 0.05) is 9.81 Å². The summed E-state index contributed by atoms with van der Waals surface area (Å²) in [6.45, 7) is 0. The Labute approximate surface area is 83.6 Å². The molecule has 0 aliphatic rings. The second kappa shape index (κ2) is 4.73. The van der Waals surface area contributed by atoms with Crippen LogP contribution in [0.1, 0.15) is 5.56 Å². The van der Waals surface area contributed by atoms with Crippen LogP contribution in [0, 0.1) is 0 Å². The van der Waals surface area contributed by atoms with E-state index < -0.39 is 0 Å². The van der Waals surface area contributed by atoms with Gasteiger partial charge in [-0.2, -0.15) is 0 Å². The van der Waals surface area contributed by atoms with Gasteiger partial charge in [0.15, 0.2) is 0 Å². The molecular weight excluding hydrogens is 268 g/mol. The number of halogens is 2. The highest BCUT2D eigenvalue weighted by atomic mass is 79.9. The Bertz CT molecular complexity index is 239. The van der Waals surface area contributed by atoms with Gasteiger partial charge >= 0.3 is 0 Å². The van der Waals surface area contributed by atoms with Crippen molar-refractivity contribution in [3.05, 3.63) is 40.4 Å². The average Bonchev–Trinajstić information content (AvgIpc) is 2.06. The molecule has 11 heavy (non-hydrogen) atoms. The van der Waals surface area contributed by atoms with Crippen LogP contribution in [0.5, 0.6) is 0 Å². The summed E-state index contributed by atoms with van der Waals surface area (Å²) in [7, 11) is 0. The van der Waals surface area contributed by atoms with Gasteiger partial charge in [-0.05, 0) is 11.6 Å². The van der Waals surface area contributed by atoms with E-state index in [0.717, 1.165) is 9.81 Å². The summed E-state index contributed by atoms with van der Waals surface area (Å²) in [5.41, 5.74) is 1.22. The fourth-order valence-corrected chi connectivity index (χ4v) is 1.19. The summed E-state index contributed by atoms with van der Waals surface area (Å²) in [5.74, 6) is 0. The maximum absolute atomic E-state index is 3.43. The van der Waals surface area contributed by atoms with Crippen molar-refractivity contribution in [2.45, 2.75) is 0 Å². The highest BCUT2D eigenvalue weighted by Crippen LogP contribution is 2.13. The van der Waals surface area contributed by atoms with E-state index in [1.54, 1.807) is 0 Å². The zero-order chi connectivity index (χ0) is 8.10. The van der Waals surface area contributed by atoms with Crippen LogP contribution in [0.15, 0.2) is 34.8 Å². The second-order valence-electron chi connectivity index (χ2n) is 2.14. The fourth-order valence-electron chi connectivity index (χ4n) is 0.769. The van der Waals surface area contributed by atoms with Crippen LogP contribution in [-0.2, 0) is 0 Å². The zero-order valence-corrected chi connectivity index (χ0v) is 9.10. The predicted molar refractivity (Wildman–Crippen MR) is 57.1 cm³/mol. The Morgan fingerprint density at radius 3 is 2.45 bits per heavy atom. The van der Waals surface area contributed by atoms with Crippen LogP contribution in [0.3, 0.4) is 0 Å². The van der Waals surface area contributed by atoms with Gasteiger partial charge < -0.3 is 0 Å². The Morgan fingerprint density at radius 2 is 1.91 bits per heavy atom. The maximum Gasteiger partial charge on any atom is 0.0349 e. The molecule has 0 radical (unpaired) electrons. The van der Waals surface area contributed by atoms with Gasteiger partial charge in [-0.15, -0.1) is 0 Å². The third-order valence-electron chi connectivity index (χ3n) is 1.25. The lowest BCUT2D eigenvalue weighted by Crippen LogP contribution is -1.73. The maximum atomic E-state index is 3.43. The molecule has 2 heteroatoms. The first-order chi connectivity index (χ1) is 5.33. The van der Waals surface area contributed by atoms with Crippen LogP contribution >= 0.6 is 31.9 Å². The molecule has 1 rings (SSSR count). The Kier molecular flexibility index (Phi) is 3.87. The topological polar surface area (TPSA) is 0 Å². The first-order valence-corrected chi connectivity index (χ1v) is 5.21. The van der Waals surface area contributed by atoms with Crippen molar-refractivity contribution in [2.24, 2.45) is 0 Å². The minimum atomic E-state index is 0.863. The first kappa shape index (κ1) is 9.01. The van der Waals surface area contributed by atoms with Crippen molar-refractivity contribution in [3.63, 3.8) is 0 Å². The molecule has 0 N–H and O–H groups in total. The van der Waals surface area contributed by atoms with Gasteiger partial charge in [-0.25, -0.2) is 0 Å². The quantitative estimate of drug-likeness (QED) is 0.720. The standard InChI is InChI=1S/C9H8Br2/c10-7-9(11)6-8-4-2-1-3-5-8/h1-6H,7H2/b9-6+. The molecule has 0 aliphatic carbocycles. The molecule has 1 aromatic rings. The minimum Gasteiger partial charge on any atom is -0.0870 e. The highest BCUT2D eigenvalue weighted by Gasteiger charge is 1.88. The highest BCUT2D eigenvalue weighted by molar-refractivity contribution is 9.13. The molecule has 0 heterocycles. The normalized spacial score (nSPS) is 11.6. The molecule has 0 bridgehead atoms. The van der Waals surface area contributed by atoms with Crippen molar-refractivity contribution in [3.8, 4) is 0 Å². The molecule has 0 saturated heterocycles. The van der Waals surface area contributed by atoms with E-state index in [-0.39, 0.29) is 0 Å². The van der Waals surface area contributed by atoms with E-state index in [1.165, 1.54) is 5.56 Å². The Balaban J connectivity index is 2.79. The van der Waals surface area contributed by atoms with Crippen LogP contribution in [-0.4, -0.2) is 5.33 Å². The molecule has 0 nitrogen and oxygen atoms in total. The lowest BCUT2D eigenvalue weighted by molar-refractivity contribution is 1.64. The SMILES string of the molecule is BrC/C(Br)=C\c1ccccc1. The molecule has 0 spiro atoms. The van der Waals surface area contributed by atoms with Gasteiger partial charge in [-0.3, -0.25) is 0 Å². The summed E-state index contributed by atoms with van der Waals surface area (Å²) in [5, 5.41) is 0.863. The van der Waals surface area contributed by atoms with Crippen LogP contribution in [0.4, 0.5) is 0 Å². The number of benzene rings is 1. The third-order valence-corrected chi connectivity index (χ3v) is 3.12. The summed E-state index contributed by atoms with van der Waals surface area (Å²) >= 11 is 6.78. The molecule has 0 aliphatic heterocycles. The predicted octanol–water partition coefficient (Wildman–Crippen LogP) is 3.82. The minimum absolute atomic E-state index is 0.863. The van der Waals surface area contributed by atoms with Crippen molar-refractivity contribution in [2.75, 3.05) is 5.33 Å². The molecule has 0 unspecified atom stereocenters. The molecular formula is C9H8Br2. The molecule has 0 saturated carbocycles. The molecule has 0 amide bonds. The number of allylic oxidation sites excluding steroid dienone is 1. The van der Waals surface area contributed by atoms with Gasteiger partial charge in [0.25, 0.3) is 0 Å². The summed E-state index contributed by atoms with van der Waals surface area (Å²) in [6.07, 6.45) is 2.09. The third kappa shape index (κ3) is 3.21. The lowest BCUT2D eigenvalue weighted by Gasteiger charge is -1.92. The van der Waals surface area contributed by atoms with E-state index >= 15 is 0 Å². The summed E-state index contributed by atoms with van der Waals surface area (Å²) in [6, 6.07) is 10.2. The van der Waals surface area contributed by atoms with E-state index in [1.807, 2.05) is 18.2 Å². The monoisotopic (exact) mass is 274 g/mol. The van der Waals surface area contributed by atoms with Gasteiger partial charge in [0.2, 0.25) is 0 Å². The Hall–Kier alpha value is -0.0800. The molecule has 1 aromatic carbocycles. The van der Waals surface area contributed by atoms with Crippen molar-refractivity contribution in [1.82, 2.24) is 0 Å².